The molecule has 3 amide bonds. The number of nitrogens with zero attached hydrogens (tertiary/aromatic N) is 2. The molecular formula is C15H20Cl2N4O2. The number of amides is 3. The molecule has 1 aromatic rings. The van der Waals surface area contributed by atoms with Gasteiger partial charge in [-0.2, -0.15) is 0 Å². The molecule has 23 heavy (non-hydrogen) atoms. The Hall–Kier alpha value is -1.50. The Bertz CT molecular complexity index is 589. The van der Waals surface area contributed by atoms with Crippen molar-refractivity contribution in [2.24, 2.45) is 0 Å². The first-order valence-corrected chi connectivity index (χ1v) is 7.89. The third-order valence-corrected chi connectivity index (χ3v) is 4.31. The Morgan fingerprint density at radius 2 is 1.96 bits per heavy atom. The van der Waals surface area contributed by atoms with Crippen LogP contribution in [0.3, 0.4) is 0 Å². The molecule has 0 aromatic heterocycles. The number of carbonyl (C=O) groups excluding carboxylic acids is 2. The molecule has 0 aliphatic carbocycles. The summed E-state index contributed by atoms with van der Waals surface area (Å²) in [5.41, 5.74) is 1.16. The van der Waals surface area contributed by atoms with Crippen molar-refractivity contribution in [2.75, 3.05) is 44.2 Å². The van der Waals surface area contributed by atoms with Crippen LogP contribution in [0.15, 0.2) is 18.2 Å². The van der Waals surface area contributed by atoms with Crippen LogP contribution in [0.4, 0.5) is 10.5 Å². The summed E-state index contributed by atoms with van der Waals surface area (Å²) in [6.07, 6.45) is 0.928. The first-order valence-electron chi connectivity index (χ1n) is 7.52. The fourth-order valence-corrected chi connectivity index (χ4v) is 2.98. The van der Waals surface area contributed by atoms with Gasteiger partial charge in [0.15, 0.2) is 0 Å². The van der Waals surface area contributed by atoms with Crippen molar-refractivity contribution >= 4 is 41.6 Å². The van der Waals surface area contributed by atoms with E-state index < -0.39 is 0 Å². The Morgan fingerprint density at radius 3 is 2.70 bits per heavy atom. The molecule has 0 spiro atoms. The van der Waals surface area contributed by atoms with Gasteiger partial charge in [-0.1, -0.05) is 11.6 Å². The molecule has 6 nitrogen and oxygen atoms in total. The highest BCUT2D eigenvalue weighted by molar-refractivity contribution is 6.34. The molecule has 2 saturated heterocycles. The van der Waals surface area contributed by atoms with E-state index in [1.54, 1.807) is 23.1 Å². The lowest BCUT2D eigenvalue weighted by molar-refractivity contribution is 0.0766. The van der Waals surface area contributed by atoms with E-state index in [0.29, 0.717) is 35.9 Å². The lowest BCUT2D eigenvalue weighted by Crippen LogP contribution is -2.34. The predicted octanol–water partition coefficient (Wildman–Crippen LogP) is 1.73. The van der Waals surface area contributed by atoms with Crippen LogP contribution in [0.25, 0.3) is 0 Å². The maximum absolute atomic E-state index is 12.7. The summed E-state index contributed by atoms with van der Waals surface area (Å²) < 4.78 is 0. The van der Waals surface area contributed by atoms with E-state index in [4.69, 9.17) is 11.6 Å². The predicted molar refractivity (Wildman–Crippen MR) is 92.8 cm³/mol. The summed E-state index contributed by atoms with van der Waals surface area (Å²) in [7, 11) is 0. The quantitative estimate of drug-likeness (QED) is 0.845. The molecular weight excluding hydrogens is 339 g/mol. The summed E-state index contributed by atoms with van der Waals surface area (Å²) in [6.45, 7) is 4.31. The highest BCUT2D eigenvalue weighted by atomic mass is 35.5. The van der Waals surface area contributed by atoms with Crippen LogP contribution in [0.1, 0.15) is 16.8 Å². The second-order valence-electron chi connectivity index (χ2n) is 5.44. The summed E-state index contributed by atoms with van der Waals surface area (Å²) in [4.78, 5) is 27.9. The van der Waals surface area contributed by atoms with E-state index in [0.717, 1.165) is 26.1 Å². The van der Waals surface area contributed by atoms with E-state index in [1.165, 1.54) is 0 Å². The second-order valence-corrected chi connectivity index (χ2v) is 5.85. The van der Waals surface area contributed by atoms with Gasteiger partial charge in [-0.3, -0.25) is 9.69 Å². The van der Waals surface area contributed by atoms with Gasteiger partial charge in [0.2, 0.25) is 0 Å². The third kappa shape index (κ3) is 3.88. The number of urea groups is 1. The second kappa shape index (κ2) is 7.86. The monoisotopic (exact) mass is 358 g/mol. The molecule has 1 aromatic carbocycles. The molecule has 2 N–H and O–H groups in total. The zero-order valence-electron chi connectivity index (χ0n) is 12.7. The number of halogens is 2. The highest BCUT2D eigenvalue weighted by Gasteiger charge is 2.24. The van der Waals surface area contributed by atoms with Gasteiger partial charge in [0.1, 0.15) is 0 Å². The summed E-state index contributed by atoms with van der Waals surface area (Å²) >= 11 is 6.21. The van der Waals surface area contributed by atoms with Crippen molar-refractivity contribution in [2.45, 2.75) is 6.42 Å². The number of hydrogen-bond acceptors (Lipinski definition) is 3. The fourth-order valence-electron chi connectivity index (χ4n) is 2.78. The van der Waals surface area contributed by atoms with Gasteiger partial charge in [0, 0.05) is 38.4 Å². The van der Waals surface area contributed by atoms with Gasteiger partial charge in [-0.05, 0) is 31.2 Å². The van der Waals surface area contributed by atoms with Gasteiger partial charge in [-0.15, -0.1) is 12.4 Å². The molecule has 2 fully saturated rings. The normalized spacial score (nSPS) is 18.2. The van der Waals surface area contributed by atoms with Gasteiger partial charge < -0.3 is 15.5 Å². The average molecular weight is 359 g/mol. The smallest absolute Gasteiger partial charge is 0.321 e. The van der Waals surface area contributed by atoms with Crippen LogP contribution in [0, 0.1) is 0 Å². The standard InChI is InChI=1S/C15H19ClN4O2.ClH/c16-13-3-2-11(20-9-6-18-15(20)22)10-12(13)14(21)19-7-1-4-17-5-8-19;/h2-3,10,17H,1,4-9H2,(H,18,22);1H. The number of nitrogens with one attached hydrogen (secondary N) is 2. The molecule has 0 unspecified atom stereocenters. The maximum atomic E-state index is 12.7. The summed E-state index contributed by atoms with van der Waals surface area (Å²) in [5.74, 6) is -0.0739. The molecule has 0 saturated carbocycles. The number of carbonyl (C=O) groups is 2. The van der Waals surface area contributed by atoms with Crippen molar-refractivity contribution in [1.29, 1.82) is 0 Å². The first kappa shape index (κ1) is 17.8. The van der Waals surface area contributed by atoms with Crippen LogP contribution in [-0.2, 0) is 0 Å². The number of rotatable bonds is 2. The van der Waals surface area contributed by atoms with E-state index in [2.05, 4.69) is 10.6 Å². The van der Waals surface area contributed by atoms with Crippen molar-refractivity contribution in [3.05, 3.63) is 28.8 Å². The zero-order valence-corrected chi connectivity index (χ0v) is 14.3. The van der Waals surface area contributed by atoms with Crippen molar-refractivity contribution < 1.29 is 9.59 Å². The Balaban J connectivity index is 0.00000192. The maximum Gasteiger partial charge on any atom is 0.321 e. The largest absolute Gasteiger partial charge is 0.337 e. The third-order valence-electron chi connectivity index (χ3n) is 3.98. The molecule has 3 rings (SSSR count). The Kier molecular flexibility index (Phi) is 6.10. The van der Waals surface area contributed by atoms with Crippen LogP contribution in [0.2, 0.25) is 5.02 Å². The summed E-state index contributed by atoms with van der Waals surface area (Å²) in [5, 5.41) is 6.45. The Morgan fingerprint density at radius 1 is 1.13 bits per heavy atom. The van der Waals surface area contributed by atoms with Crippen LogP contribution in [-0.4, -0.2) is 56.1 Å². The minimum Gasteiger partial charge on any atom is -0.337 e. The average Bonchev–Trinajstić information content (AvgIpc) is 2.77. The van der Waals surface area contributed by atoms with E-state index >= 15 is 0 Å². The van der Waals surface area contributed by atoms with E-state index in [-0.39, 0.29) is 24.3 Å². The zero-order chi connectivity index (χ0) is 15.5. The molecule has 2 aliphatic heterocycles. The van der Waals surface area contributed by atoms with Gasteiger partial charge >= 0.3 is 6.03 Å². The minimum atomic E-state index is -0.139. The van der Waals surface area contributed by atoms with E-state index in [1.807, 2.05) is 4.90 Å². The lowest BCUT2D eigenvalue weighted by Gasteiger charge is -2.22. The van der Waals surface area contributed by atoms with Crippen LogP contribution >= 0.6 is 24.0 Å². The van der Waals surface area contributed by atoms with Gasteiger partial charge in [0.05, 0.1) is 10.6 Å². The van der Waals surface area contributed by atoms with Crippen molar-refractivity contribution in [1.82, 2.24) is 15.5 Å². The topological polar surface area (TPSA) is 64.7 Å². The van der Waals surface area contributed by atoms with Crippen LogP contribution in [0.5, 0.6) is 0 Å². The first-order chi connectivity index (χ1) is 10.7. The molecule has 0 radical (unpaired) electrons. The van der Waals surface area contributed by atoms with Gasteiger partial charge in [-0.25, -0.2) is 4.79 Å². The highest BCUT2D eigenvalue weighted by Crippen LogP contribution is 2.25. The Labute approximate surface area is 146 Å². The molecule has 2 aliphatic rings. The van der Waals surface area contributed by atoms with Crippen molar-refractivity contribution in [3.8, 4) is 0 Å². The minimum absolute atomic E-state index is 0. The number of hydrogen-bond donors (Lipinski definition) is 2. The van der Waals surface area contributed by atoms with Crippen molar-refractivity contribution in [3.63, 3.8) is 0 Å². The van der Waals surface area contributed by atoms with Gasteiger partial charge in [0.25, 0.3) is 5.91 Å². The van der Waals surface area contributed by atoms with Crippen LogP contribution < -0.4 is 15.5 Å². The molecule has 2 heterocycles. The molecule has 126 valence electrons. The molecule has 0 atom stereocenters. The number of benzene rings is 1. The molecule has 0 bridgehead atoms. The summed E-state index contributed by atoms with van der Waals surface area (Å²) in [6, 6.07) is 5.04. The molecule has 8 heteroatoms. The van der Waals surface area contributed by atoms with E-state index in [9.17, 15) is 9.59 Å². The SMILES string of the molecule is Cl.O=C(c1cc(N2CCNC2=O)ccc1Cl)N1CCCNCC1. The number of anilines is 1. The lowest BCUT2D eigenvalue weighted by atomic mass is 10.1. The fraction of sp³-hybridized carbons (Fsp3) is 0.467.